The van der Waals surface area contributed by atoms with E-state index in [4.69, 9.17) is 10.2 Å². The monoisotopic (exact) mass is 258 g/mol. The van der Waals surface area contributed by atoms with Gasteiger partial charge in [-0.1, -0.05) is 13.3 Å². The number of hydrogen-bond acceptors (Lipinski definition) is 3. The van der Waals surface area contributed by atoms with Gasteiger partial charge in [-0.3, -0.25) is 4.79 Å². The number of aliphatic carboxylic acids is 2. The Balaban J connectivity index is 2.51. The highest BCUT2D eigenvalue weighted by Gasteiger charge is 2.29. The van der Waals surface area contributed by atoms with Crippen LogP contribution < -0.4 is 5.32 Å². The van der Waals surface area contributed by atoms with Gasteiger partial charge in [-0.25, -0.2) is 9.59 Å². The molecular weight excluding hydrogens is 240 g/mol. The van der Waals surface area contributed by atoms with Gasteiger partial charge in [0, 0.05) is 13.1 Å². The van der Waals surface area contributed by atoms with Gasteiger partial charge >= 0.3 is 18.0 Å². The Morgan fingerprint density at radius 2 is 2.06 bits per heavy atom. The van der Waals surface area contributed by atoms with Crippen LogP contribution in [0.5, 0.6) is 0 Å². The van der Waals surface area contributed by atoms with Crippen LogP contribution in [0.1, 0.15) is 26.2 Å². The van der Waals surface area contributed by atoms with E-state index < -0.39 is 30.4 Å². The van der Waals surface area contributed by atoms with Gasteiger partial charge in [0.1, 0.15) is 6.04 Å². The van der Waals surface area contributed by atoms with Gasteiger partial charge in [-0.2, -0.15) is 0 Å². The van der Waals surface area contributed by atoms with Crippen molar-refractivity contribution in [2.24, 2.45) is 5.92 Å². The van der Waals surface area contributed by atoms with Gasteiger partial charge in [0.25, 0.3) is 0 Å². The Morgan fingerprint density at radius 1 is 1.39 bits per heavy atom. The number of likely N-dealkylation sites (tertiary alicyclic amines) is 1. The van der Waals surface area contributed by atoms with E-state index in [0.717, 1.165) is 12.8 Å². The standard InChI is InChI=1S/C11H18N2O5/c1-2-7-3-4-13(6-7)11(18)12-8(10(16)17)5-9(14)15/h7-8H,2-6H2,1H3,(H,12,18)(H,14,15)(H,16,17). The van der Waals surface area contributed by atoms with Crippen molar-refractivity contribution in [3.8, 4) is 0 Å². The fourth-order valence-corrected chi connectivity index (χ4v) is 1.97. The lowest BCUT2D eigenvalue weighted by molar-refractivity contribution is -0.145. The van der Waals surface area contributed by atoms with Crippen LogP contribution in [0.2, 0.25) is 0 Å². The van der Waals surface area contributed by atoms with Gasteiger partial charge < -0.3 is 20.4 Å². The number of nitrogens with zero attached hydrogens (tertiary/aromatic N) is 1. The van der Waals surface area contributed by atoms with Gasteiger partial charge in [0.05, 0.1) is 6.42 Å². The molecule has 1 aliphatic heterocycles. The largest absolute Gasteiger partial charge is 0.481 e. The van der Waals surface area contributed by atoms with Crippen molar-refractivity contribution in [2.75, 3.05) is 13.1 Å². The number of carbonyl (C=O) groups excluding carboxylic acids is 1. The van der Waals surface area contributed by atoms with Crippen LogP contribution in [0.4, 0.5) is 4.79 Å². The highest BCUT2D eigenvalue weighted by Crippen LogP contribution is 2.18. The van der Waals surface area contributed by atoms with E-state index in [0.29, 0.717) is 19.0 Å². The van der Waals surface area contributed by atoms with Crippen molar-refractivity contribution >= 4 is 18.0 Å². The Bertz CT molecular complexity index is 344. The molecule has 0 aromatic carbocycles. The summed E-state index contributed by atoms with van der Waals surface area (Å²) < 4.78 is 0. The lowest BCUT2D eigenvalue weighted by atomic mass is 10.1. The minimum Gasteiger partial charge on any atom is -0.481 e. The third-order valence-corrected chi connectivity index (χ3v) is 3.12. The molecule has 0 radical (unpaired) electrons. The average molecular weight is 258 g/mol. The van der Waals surface area contributed by atoms with Gasteiger partial charge in [-0.15, -0.1) is 0 Å². The summed E-state index contributed by atoms with van der Waals surface area (Å²) in [6.07, 6.45) is 1.26. The molecule has 102 valence electrons. The van der Waals surface area contributed by atoms with Gasteiger partial charge in [0.2, 0.25) is 0 Å². The fraction of sp³-hybridized carbons (Fsp3) is 0.727. The van der Waals surface area contributed by atoms with Crippen molar-refractivity contribution in [1.29, 1.82) is 0 Å². The summed E-state index contributed by atoms with van der Waals surface area (Å²) in [7, 11) is 0. The van der Waals surface area contributed by atoms with Gasteiger partial charge in [-0.05, 0) is 12.3 Å². The van der Waals surface area contributed by atoms with E-state index in [1.165, 1.54) is 4.90 Å². The van der Waals surface area contributed by atoms with Crippen LogP contribution in [0.25, 0.3) is 0 Å². The molecule has 2 amide bonds. The van der Waals surface area contributed by atoms with Crippen LogP contribution in [0.3, 0.4) is 0 Å². The molecular formula is C11H18N2O5. The topological polar surface area (TPSA) is 107 Å². The second-order valence-electron chi connectivity index (χ2n) is 4.45. The number of carboxylic acids is 2. The fourth-order valence-electron chi connectivity index (χ4n) is 1.97. The molecule has 0 bridgehead atoms. The molecule has 1 fully saturated rings. The minimum atomic E-state index is -1.38. The highest BCUT2D eigenvalue weighted by molar-refractivity contribution is 5.86. The molecule has 0 saturated carbocycles. The number of carbonyl (C=O) groups is 3. The third kappa shape index (κ3) is 3.90. The van der Waals surface area contributed by atoms with Crippen molar-refractivity contribution < 1.29 is 24.6 Å². The third-order valence-electron chi connectivity index (χ3n) is 3.12. The van der Waals surface area contributed by atoms with Crippen LogP contribution in [-0.4, -0.2) is 52.2 Å². The lowest BCUT2D eigenvalue weighted by Gasteiger charge is -2.20. The average Bonchev–Trinajstić information content (AvgIpc) is 2.75. The van der Waals surface area contributed by atoms with Crippen LogP contribution in [-0.2, 0) is 9.59 Å². The van der Waals surface area contributed by atoms with Crippen LogP contribution in [0, 0.1) is 5.92 Å². The Morgan fingerprint density at radius 3 is 2.50 bits per heavy atom. The zero-order chi connectivity index (χ0) is 13.7. The SMILES string of the molecule is CCC1CCN(C(=O)NC(CC(=O)O)C(=O)O)C1. The van der Waals surface area contributed by atoms with E-state index in [1.807, 2.05) is 6.92 Å². The first-order valence-electron chi connectivity index (χ1n) is 5.94. The summed E-state index contributed by atoms with van der Waals surface area (Å²) in [5, 5.41) is 19.6. The molecule has 2 unspecified atom stereocenters. The molecule has 7 nitrogen and oxygen atoms in total. The molecule has 0 aromatic heterocycles. The Labute approximate surface area is 105 Å². The zero-order valence-corrected chi connectivity index (χ0v) is 10.3. The minimum absolute atomic E-state index is 0.443. The number of urea groups is 1. The summed E-state index contributed by atoms with van der Waals surface area (Å²) >= 11 is 0. The van der Waals surface area contributed by atoms with Crippen molar-refractivity contribution in [3.05, 3.63) is 0 Å². The van der Waals surface area contributed by atoms with E-state index in [1.54, 1.807) is 0 Å². The summed E-state index contributed by atoms with van der Waals surface area (Å²) in [6, 6.07) is -1.88. The Hall–Kier alpha value is -1.79. The molecule has 1 aliphatic rings. The molecule has 3 N–H and O–H groups in total. The smallest absolute Gasteiger partial charge is 0.326 e. The number of amides is 2. The van der Waals surface area contributed by atoms with E-state index in [9.17, 15) is 14.4 Å². The van der Waals surface area contributed by atoms with Crippen LogP contribution in [0.15, 0.2) is 0 Å². The quantitative estimate of drug-likeness (QED) is 0.659. The number of nitrogens with one attached hydrogen (secondary N) is 1. The predicted octanol–water partition coefficient (Wildman–Crippen LogP) is 0.356. The maximum atomic E-state index is 11.8. The van der Waals surface area contributed by atoms with E-state index in [2.05, 4.69) is 5.32 Å². The van der Waals surface area contributed by atoms with Crippen molar-refractivity contribution in [2.45, 2.75) is 32.2 Å². The molecule has 0 aliphatic carbocycles. The first-order valence-corrected chi connectivity index (χ1v) is 5.94. The summed E-state index contributed by atoms with van der Waals surface area (Å²) in [6.45, 7) is 3.22. The number of rotatable bonds is 5. The molecule has 7 heteroatoms. The molecule has 0 spiro atoms. The van der Waals surface area contributed by atoms with E-state index in [-0.39, 0.29) is 0 Å². The summed E-state index contributed by atoms with van der Waals surface area (Å²) in [5.41, 5.74) is 0. The van der Waals surface area contributed by atoms with Gasteiger partial charge in [0.15, 0.2) is 0 Å². The molecule has 1 saturated heterocycles. The zero-order valence-electron chi connectivity index (χ0n) is 10.3. The summed E-state index contributed by atoms with van der Waals surface area (Å²) in [4.78, 5) is 34.6. The van der Waals surface area contributed by atoms with Crippen molar-refractivity contribution in [1.82, 2.24) is 10.2 Å². The lowest BCUT2D eigenvalue weighted by Crippen LogP contribution is -2.48. The predicted molar refractivity (Wildman–Crippen MR) is 62.2 cm³/mol. The second kappa shape index (κ2) is 6.23. The highest BCUT2D eigenvalue weighted by atomic mass is 16.4. The first kappa shape index (κ1) is 14.3. The first-order chi connectivity index (χ1) is 8.43. The second-order valence-corrected chi connectivity index (χ2v) is 4.45. The maximum Gasteiger partial charge on any atom is 0.326 e. The molecule has 0 aromatic rings. The van der Waals surface area contributed by atoms with E-state index >= 15 is 0 Å². The number of hydrogen-bond donors (Lipinski definition) is 3. The Kier molecular flexibility index (Phi) is 4.94. The molecule has 1 heterocycles. The van der Waals surface area contributed by atoms with Crippen molar-refractivity contribution in [3.63, 3.8) is 0 Å². The number of carboxylic acid groups (broad SMARTS) is 2. The molecule has 1 rings (SSSR count). The van der Waals surface area contributed by atoms with Crippen LogP contribution >= 0.6 is 0 Å². The maximum absolute atomic E-state index is 11.8. The summed E-state index contributed by atoms with van der Waals surface area (Å²) in [5.74, 6) is -2.15. The normalized spacial score (nSPS) is 20.5. The molecule has 18 heavy (non-hydrogen) atoms. The molecule has 2 atom stereocenters.